The molecule has 0 aliphatic heterocycles. The highest BCUT2D eigenvalue weighted by Gasteiger charge is 2.14. The lowest BCUT2D eigenvalue weighted by Gasteiger charge is -2.05. The van der Waals surface area contributed by atoms with Gasteiger partial charge in [-0.3, -0.25) is 0 Å². The zero-order valence-corrected chi connectivity index (χ0v) is 9.84. The number of nitriles is 1. The molecule has 0 aliphatic rings. The largest absolute Gasteiger partial charge is 0.462 e. The summed E-state index contributed by atoms with van der Waals surface area (Å²) in [5.74, 6) is -5.33. The fourth-order valence-corrected chi connectivity index (χ4v) is 1.13. The Labute approximate surface area is 107 Å². The van der Waals surface area contributed by atoms with Crippen LogP contribution in [0.2, 0.25) is 0 Å². The molecule has 0 radical (unpaired) electrons. The molecule has 0 atom stereocenters. The lowest BCUT2D eigenvalue weighted by molar-refractivity contribution is -0.138. The van der Waals surface area contributed by atoms with Gasteiger partial charge in [-0.1, -0.05) is 0 Å². The molecule has 1 rings (SSSR count). The number of carbonyl (C=O) groups excluding carboxylic acids is 1. The van der Waals surface area contributed by atoms with Crippen LogP contribution in [-0.4, -0.2) is 12.6 Å². The number of nitrogens with zero attached hydrogens (tertiary/aromatic N) is 1. The number of rotatable bonds is 4. The molecule has 4 nitrogen and oxygen atoms in total. The number of hydrogen-bond donors (Lipinski definition) is 1. The molecule has 1 aromatic rings. The molecule has 0 spiro atoms. The summed E-state index contributed by atoms with van der Waals surface area (Å²) in [6, 6.07) is 3.18. The predicted molar refractivity (Wildman–Crippen MR) is 60.3 cm³/mol. The van der Waals surface area contributed by atoms with Crippen LogP contribution < -0.4 is 5.32 Å². The predicted octanol–water partition coefficient (Wildman–Crippen LogP) is 2.49. The second-order valence-electron chi connectivity index (χ2n) is 3.26. The van der Waals surface area contributed by atoms with Gasteiger partial charge in [0.05, 0.1) is 12.3 Å². The number of carbonyl (C=O) groups is 1. The standard InChI is InChI=1S/C12H9F3N2O2/c1-2-19-12(18)7(5-16)6-17-9-4-3-8(13)10(14)11(9)15/h3-4,6,17H,2H2,1H3. The number of halogens is 3. The average Bonchev–Trinajstić information content (AvgIpc) is 2.39. The molecular weight excluding hydrogens is 261 g/mol. The Kier molecular flexibility index (Phi) is 4.94. The van der Waals surface area contributed by atoms with E-state index in [-0.39, 0.29) is 6.61 Å². The number of ether oxygens (including phenoxy) is 1. The van der Waals surface area contributed by atoms with Crippen molar-refractivity contribution in [2.24, 2.45) is 0 Å². The van der Waals surface area contributed by atoms with E-state index < -0.39 is 34.7 Å². The smallest absolute Gasteiger partial charge is 0.350 e. The number of nitrogens with one attached hydrogen (secondary N) is 1. The third kappa shape index (κ3) is 3.48. The van der Waals surface area contributed by atoms with Crippen molar-refractivity contribution in [3.8, 4) is 6.07 Å². The maximum absolute atomic E-state index is 13.3. The maximum Gasteiger partial charge on any atom is 0.350 e. The fourth-order valence-electron chi connectivity index (χ4n) is 1.13. The third-order valence-corrected chi connectivity index (χ3v) is 2.02. The minimum absolute atomic E-state index is 0.0669. The van der Waals surface area contributed by atoms with Crippen LogP contribution in [0, 0.1) is 28.8 Å². The first-order chi connectivity index (χ1) is 9.01. The summed E-state index contributed by atoms with van der Waals surface area (Å²) in [4.78, 5) is 11.2. The molecule has 100 valence electrons. The average molecular weight is 270 g/mol. The second kappa shape index (κ2) is 6.44. The Hall–Kier alpha value is -2.49. The normalized spacial score (nSPS) is 10.8. The van der Waals surface area contributed by atoms with E-state index in [2.05, 4.69) is 10.1 Å². The zero-order chi connectivity index (χ0) is 14.4. The molecular formula is C12H9F3N2O2. The van der Waals surface area contributed by atoms with Crippen molar-refractivity contribution in [3.63, 3.8) is 0 Å². The van der Waals surface area contributed by atoms with Gasteiger partial charge in [0.25, 0.3) is 0 Å². The van der Waals surface area contributed by atoms with Crippen LogP contribution in [-0.2, 0) is 9.53 Å². The molecule has 0 aliphatic carbocycles. The molecule has 19 heavy (non-hydrogen) atoms. The van der Waals surface area contributed by atoms with Gasteiger partial charge >= 0.3 is 5.97 Å². The van der Waals surface area contributed by atoms with Crippen LogP contribution in [0.5, 0.6) is 0 Å². The van der Waals surface area contributed by atoms with Gasteiger partial charge in [0, 0.05) is 6.20 Å². The first kappa shape index (κ1) is 14.6. The van der Waals surface area contributed by atoms with E-state index >= 15 is 0 Å². The topological polar surface area (TPSA) is 62.1 Å². The van der Waals surface area contributed by atoms with Crippen molar-refractivity contribution in [3.05, 3.63) is 41.4 Å². The van der Waals surface area contributed by atoms with Crippen molar-refractivity contribution in [2.75, 3.05) is 11.9 Å². The Bertz CT molecular complexity index is 565. The summed E-state index contributed by atoms with van der Waals surface area (Å²) in [7, 11) is 0. The Morgan fingerprint density at radius 3 is 2.68 bits per heavy atom. The minimum atomic E-state index is -1.65. The van der Waals surface area contributed by atoms with Gasteiger partial charge in [-0.05, 0) is 19.1 Å². The highest BCUT2D eigenvalue weighted by atomic mass is 19.2. The minimum Gasteiger partial charge on any atom is -0.462 e. The third-order valence-electron chi connectivity index (χ3n) is 2.02. The van der Waals surface area contributed by atoms with E-state index in [0.29, 0.717) is 6.07 Å². The molecule has 0 bridgehead atoms. The summed E-state index contributed by atoms with van der Waals surface area (Å²) in [6.07, 6.45) is 0.855. The van der Waals surface area contributed by atoms with Crippen molar-refractivity contribution >= 4 is 11.7 Å². The highest BCUT2D eigenvalue weighted by molar-refractivity contribution is 5.93. The summed E-state index contributed by atoms with van der Waals surface area (Å²) in [6.45, 7) is 1.62. The summed E-state index contributed by atoms with van der Waals surface area (Å²) >= 11 is 0. The van der Waals surface area contributed by atoms with Crippen molar-refractivity contribution in [1.82, 2.24) is 0 Å². The Balaban J connectivity index is 2.94. The SMILES string of the molecule is CCOC(=O)C(C#N)=CNc1ccc(F)c(F)c1F. The second-order valence-corrected chi connectivity index (χ2v) is 3.26. The van der Waals surface area contributed by atoms with E-state index in [9.17, 15) is 18.0 Å². The fraction of sp³-hybridized carbons (Fsp3) is 0.167. The van der Waals surface area contributed by atoms with Gasteiger partial charge in [-0.15, -0.1) is 0 Å². The van der Waals surface area contributed by atoms with Gasteiger partial charge < -0.3 is 10.1 Å². The van der Waals surface area contributed by atoms with E-state index in [0.717, 1.165) is 12.3 Å². The van der Waals surface area contributed by atoms with Crippen LogP contribution in [0.1, 0.15) is 6.92 Å². The first-order valence-corrected chi connectivity index (χ1v) is 5.18. The highest BCUT2D eigenvalue weighted by Crippen LogP contribution is 2.19. The van der Waals surface area contributed by atoms with Gasteiger partial charge in [0.1, 0.15) is 6.07 Å². The molecule has 0 aromatic heterocycles. The van der Waals surface area contributed by atoms with Crippen LogP contribution in [0.15, 0.2) is 23.9 Å². The number of esters is 1. The first-order valence-electron chi connectivity index (χ1n) is 5.18. The van der Waals surface area contributed by atoms with Gasteiger partial charge in [-0.25, -0.2) is 18.0 Å². The van der Waals surface area contributed by atoms with Gasteiger partial charge in [0.2, 0.25) is 0 Å². The van der Waals surface area contributed by atoms with Crippen LogP contribution >= 0.6 is 0 Å². The van der Waals surface area contributed by atoms with Crippen LogP contribution in [0.3, 0.4) is 0 Å². The Morgan fingerprint density at radius 2 is 2.11 bits per heavy atom. The van der Waals surface area contributed by atoms with Crippen molar-refractivity contribution < 1.29 is 22.7 Å². The lowest BCUT2D eigenvalue weighted by Crippen LogP contribution is -2.08. The monoisotopic (exact) mass is 270 g/mol. The quantitative estimate of drug-likeness (QED) is 0.395. The molecule has 7 heteroatoms. The molecule has 0 unspecified atom stereocenters. The maximum atomic E-state index is 13.3. The molecule has 0 heterocycles. The molecule has 0 amide bonds. The van der Waals surface area contributed by atoms with Crippen LogP contribution in [0.25, 0.3) is 0 Å². The van der Waals surface area contributed by atoms with E-state index in [1.807, 2.05) is 0 Å². The summed E-state index contributed by atoms with van der Waals surface area (Å²) < 4.78 is 43.4. The van der Waals surface area contributed by atoms with Gasteiger partial charge in [-0.2, -0.15) is 5.26 Å². The number of hydrogen-bond acceptors (Lipinski definition) is 4. The van der Waals surface area contributed by atoms with Crippen molar-refractivity contribution in [2.45, 2.75) is 6.92 Å². The molecule has 1 aromatic carbocycles. The zero-order valence-electron chi connectivity index (χ0n) is 9.84. The van der Waals surface area contributed by atoms with E-state index in [4.69, 9.17) is 5.26 Å². The van der Waals surface area contributed by atoms with Gasteiger partial charge in [0.15, 0.2) is 23.0 Å². The summed E-state index contributed by atoms with van der Waals surface area (Å²) in [5.41, 5.74) is -0.832. The number of benzene rings is 1. The lowest BCUT2D eigenvalue weighted by atomic mass is 10.2. The van der Waals surface area contributed by atoms with Crippen LogP contribution in [0.4, 0.5) is 18.9 Å². The van der Waals surface area contributed by atoms with Crippen molar-refractivity contribution in [1.29, 1.82) is 5.26 Å². The summed E-state index contributed by atoms with van der Waals surface area (Å²) in [5, 5.41) is 10.9. The molecule has 0 saturated carbocycles. The van der Waals surface area contributed by atoms with E-state index in [1.54, 1.807) is 6.92 Å². The van der Waals surface area contributed by atoms with E-state index in [1.165, 1.54) is 6.07 Å². The molecule has 0 saturated heterocycles. The molecule has 1 N–H and O–H groups in total. The Morgan fingerprint density at radius 1 is 1.42 bits per heavy atom. The molecule has 0 fully saturated rings. The number of anilines is 1.